The first kappa shape index (κ1) is 27.7. The third-order valence-corrected chi connectivity index (χ3v) is 8.33. The van der Waals surface area contributed by atoms with Gasteiger partial charge in [-0.2, -0.15) is 0 Å². The summed E-state index contributed by atoms with van der Waals surface area (Å²) in [6, 6.07) is 24.4. The molecular weight excluding hydrogens is 550 g/mol. The molecule has 0 unspecified atom stereocenters. The van der Waals surface area contributed by atoms with Gasteiger partial charge in [-0.15, -0.1) is 0 Å². The van der Waals surface area contributed by atoms with Gasteiger partial charge in [-0.05, 0) is 48.4 Å². The lowest BCUT2D eigenvalue weighted by Crippen LogP contribution is -2.40. The number of nitrogens with zero attached hydrogens (tertiary/aromatic N) is 3. The maximum atomic E-state index is 14.1. The molecule has 0 spiro atoms. The summed E-state index contributed by atoms with van der Waals surface area (Å²) in [6.07, 6.45) is 1.88. The van der Waals surface area contributed by atoms with Gasteiger partial charge in [0.15, 0.2) is 4.80 Å². The van der Waals surface area contributed by atoms with E-state index in [9.17, 15) is 9.59 Å². The third kappa shape index (κ3) is 5.41. The summed E-state index contributed by atoms with van der Waals surface area (Å²) >= 11 is 1.31. The number of carbonyl (C=O) groups is 1. The van der Waals surface area contributed by atoms with Gasteiger partial charge < -0.3 is 19.1 Å². The summed E-state index contributed by atoms with van der Waals surface area (Å²) in [7, 11) is 1.59. The van der Waals surface area contributed by atoms with Crippen molar-refractivity contribution < 1.29 is 19.0 Å². The highest BCUT2D eigenvalue weighted by atomic mass is 32.1. The number of rotatable bonds is 7. The Balaban J connectivity index is 1.53. The van der Waals surface area contributed by atoms with Crippen LogP contribution in [0.25, 0.3) is 11.8 Å². The maximum Gasteiger partial charge on any atom is 0.338 e. The van der Waals surface area contributed by atoms with E-state index in [1.165, 1.54) is 11.3 Å². The van der Waals surface area contributed by atoms with Gasteiger partial charge in [-0.1, -0.05) is 65.9 Å². The number of hydrogen-bond donors (Lipinski definition) is 0. The van der Waals surface area contributed by atoms with Crippen LogP contribution in [-0.2, 0) is 14.3 Å². The second-order valence-electron chi connectivity index (χ2n) is 9.90. The van der Waals surface area contributed by atoms with Crippen LogP contribution in [0.1, 0.15) is 29.7 Å². The van der Waals surface area contributed by atoms with Crippen LogP contribution in [-0.4, -0.2) is 50.6 Å². The van der Waals surface area contributed by atoms with Crippen molar-refractivity contribution >= 4 is 34.8 Å². The Morgan fingerprint density at radius 2 is 1.81 bits per heavy atom. The summed E-state index contributed by atoms with van der Waals surface area (Å²) in [5.41, 5.74) is 4.10. The molecule has 3 aromatic carbocycles. The van der Waals surface area contributed by atoms with E-state index < -0.39 is 12.0 Å². The summed E-state index contributed by atoms with van der Waals surface area (Å²) in [4.78, 5) is 35.4. The van der Waals surface area contributed by atoms with Crippen molar-refractivity contribution in [1.82, 2.24) is 4.57 Å². The Morgan fingerprint density at radius 3 is 2.52 bits per heavy atom. The lowest BCUT2D eigenvalue weighted by molar-refractivity contribution is -0.138. The number of hydrogen-bond acceptors (Lipinski definition) is 8. The Kier molecular flexibility index (Phi) is 8.03. The maximum absolute atomic E-state index is 14.1. The van der Waals surface area contributed by atoms with Crippen molar-refractivity contribution in [3.05, 3.63) is 121 Å². The molecule has 2 aliphatic heterocycles. The zero-order chi connectivity index (χ0) is 29.1. The third-order valence-electron chi connectivity index (χ3n) is 7.35. The van der Waals surface area contributed by atoms with Crippen molar-refractivity contribution in [2.75, 3.05) is 44.9 Å². The fraction of sp³-hybridized carbons (Fsp3) is 0.242. The minimum atomic E-state index is -0.753. The van der Waals surface area contributed by atoms with Crippen LogP contribution < -0.4 is 24.5 Å². The first-order valence-electron chi connectivity index (χ1n) is 13.9. The number of carbonyl (C=O) groups excluding carboxylic acids is 1. The second-order valence-corrected chi connectivity index (χ2v) is 10.9. The Hall–Kier alpha value is -4.47. The predicted octanol–water partition coefficient (Wildman–Crippen LogP) is 3.78. The normalized spacial score (nSPS) is 17.0. The average molecular weight is 582 g/mol. The number of ether oxygens (including phenoxy) is 3. The molecule has 0 saturated carbocycles. The summed E-state index contributed by atoms with van der Waals surface area (Å²) in [6.45, 7) is 5.11. The van der Waals surface area contributed by atoms with Crippen LogP contribution in [0.5, 0.6) is 5.75 Å². The molecule has 1 fully saturated rings. The van der Waals surface area contributed by atoms with Crippen molar-refractivity contribution in [3.8, 4) is 5.75 Å². The molecule has 9 heteroatoms. The number of benzene rings is 3. The van der Waals surface area contributed by atoms with Gasteiger partial charge in [0.1, 0.15) is 5.75 Å². The molecule has 0 aliphatic carbocycles. The number of morpholine rings is 1. The van der Waals surface area contributed by atoms with Gasteiger partial charge >= 0.3 is 5.97 Å². The zero-order valence-corrected chi connectivity index (χ0v) is 24.3. The summed E-state index contributed by atoms with van der Waals surface area (Å²) < 4.78 is 18.6. The standard InChI is InChI=1S/C33H31N3O5S/c1-3-41-32(38)28-29(23-8-5-4-6-9-23)34-33-36(30(28)24-10-7-11-26(21-24)39-2)31(37)27(42-33)20-22-12-14-25(15-13-22)35-16-18-40-19-17-35/h4-15,20-21,30H,3,16-19H2,1-2H3/b27-20+/t30-/m0/s1. The van der Waals surface area contributed by atoms with E-state index in [0.717, 1.165) is 48.7 Å². The molecular formula is C33H31N3O5S. The van der Waals surface area contributed by atoms with Crippen LogP contribution in [0.15, 0.2) is 94.2 Å². The van der Waals surface area contributed by atoms with Crippen molar-refractivity contribution in [2.45, 2.75) is 13.0 Å². The molecule has 2 aliphatic rings. The van der Waals surface area contributed by atoms with Gasteiger partial charge in [0.2, 0.25) is 0 Å². The van der Waals surface area contributed by atoms with E-state index in [1.807, 2.05) is 72.8 Å². The fourth-order valence-electron chi connectivity index (χ4n) is 5.32. The Morgan fingerprint density at radius 1 is 1.05 bits per heavy atom. The first-order chi connectivity index (χ1) is 20.6. The zero-order valence-electron chi connectivity index (χ0n) is 23.5. The predicted molar refractivity (Wildman–Crippen MR) is 164 cm³/mol. The van der Waals surface area contributed by atoms with E-state index in [-0.39, 0.29) is 12.2 Å². The number of thiazole rings is 1. The molecule has 3 heterocycles. The van der Waals surface area contributed by atoms with E-state index in [0.29, 0.717) is 26.4 Å². The van der Waals surface area contributed by atoms with Gasteiger partial charge in [0.25, 0.3) is 5.56 Å². The number of anilines is 1. The molecule has 214 valence electrons. The van der Waals surface area contributed by atoms with Crippen LogP contribution in [0, 0.1) is 0 Å². The largest absolute Gasteiger partial charge is 0.497 e. The number of methoxy groups -OCH3 is 1. The number of fused-ring (bicyclic) bond motifs is 1. The van der Waals surface area contributed by atoms with Crippen LogP contribution in [0.2, 0.25) is 0 Å². The molecule has 4 aromatic rings. The Labute approximate surface area is 247 Å². The first-order valence-corrected chi connectivity index (χ1v) is 14.7. The van der Waals surface area contributed by atoms with Crippen molar-refractivity contribution in [2.24, 2.45) is 4.99 Å². The molecule has 1 atom stereocenters. The van der Waals surface area contributed by atoms with Gasteiger partial charge in [-0.25, -0.2) is 9.79 Å². The van der Waals surface area contributed by atoms with E-state index in [4.69, 9.17) is 19.2 Å². The highest BCUT2D eigenvalue weighted by molar-refractivity contribution is 7.07. The SMILES string of the molecule is CCOC(=O)C1=C(c2ccccc2)N=c2s/c(=C/c3ccc(N4CCOCC4)cc3)c(=O)n2[C@H]1c1cccc(OC)c1. The average Bonchev–Trinajstić information content (AvgIpc) is 3.35. The number of esters is 1. The number of aromatic nitrogens is 1. The van der Waals surface area contributed by atoms with Crippen molar-refractivity contribution in [3.63, 3.8) is 0 Å². The van der Waals surface area contributed by atoms with Gasteiger partial charge in [0, 0.05) is 24.3 Å². The quantitative estimate of drug-likeness (QED) is 0.309. The lowest BCUT2D eigenvalue weighted by Gasteiger charge is -2.28. The minimum Gasteiger partial charge on any atom is -0.497 e. The molecule has 0 N–H and O–H groups in total. The molecule has 42 heavy (non-hydrogen) atoms. The highest BCUT2D eigenvalue weighted by Gasteiger charge is 2.35. The highest BCUT2D eigenvalue weighted by Crippen LogP contribution is 2.36. The Bertz CT molecular complexity index is 1800. The van der Waals surface area contributed by atoms with Gasteiger partial charge in [0.05, 0.1) is 48.8 Å². The summed E-state index contributed by atoms with van der Waals surface area (Å²) in [5, 5.41) is 0. The molecule has 1 saturated heterocycles. The molecule has 6 rings (SSSR count). The fourth-order valence-corrected chi connectivity index (χ4v) is 6.32. The van der Waals surface area contributed by atoms with E-state index in [1.54, 1.807) is 18.6 Å². The van der Waals surface area contributed by atoms with Gasteiger partial charge in [-0.3, -0.25) is 9.36 Å². The minimum absolute atomic E-state index is 0.195. The van der Waals surface area contributed by atoms with E-state index in [2.05, 4.69) is 17.0 Å². The molecule has 0 bridgehead atoms. The molecule has 1 aromatic heterocycles. The second kappa shape index (κ2) is 12.2. The molecule has 8 nitrogen and oxygen atoms in total. The van der Waals surface area contributed by atoms with Crippen molar-refractivity contribution in [1.29, 1.82) is 0 Å². The summed E-state index contributed by atoms with van der Waals surface area (Å²) in [5.74, 6) is 0.109. The molecule has 0 amide bonds. The smallest absolute Gasteiger partial charge is 0.338 e. The van der Waals surface area contributed by atoms with Crippen LogP contribution in [0.4, 0.5) is 5.69 Å². The molecule has 0 radical (unpaired) electrons. The topological polar surface area (TPSA) is 82.4 Å². The van der Waals surface area contributed by atoms with E-state index >= 15 is 0 Å². The monoisotopic (exact) mass is 581 g/mol. The lowest BCUT2D eigenvalue weighted by atomic mass is 9.93. The van der Waals surface area contributed by atoms with Crippen LogP contribution in [0.3, 0.4) is 0 Å². The van der Waals surface area contributed by atoms with Crippen LogP contribution >= 0.6 is 11.3 Å².